The lowest BCUT2D eigenvalue weighted by Gasteiger charge is -2.02. The first-order valence-corrected chi connectivity index (χ1v) is 4.56. The second-order valence-electron chi connectivity index (χ2n) is 2.81. The van der Waals surface area contributed by atoms with Gasteiger partial charge in [0.2, 0.25) is 0 Å². The van der Waals surface area contributed by atoms with E-state index in [1.807, 2.05) is 0 Å². The van der Waals surface area contributed by atoms with Crippen molar-refractivity contribution in [3.8, 4) is 0 Å². The Morgan fingerprint density at radius 2 is 1.85 bits per heavy atom. The number of carboxylic acids is 1. The lowest BCUT2D eigenvalue weighted by Crippen LogP contribution is -2.01. The maximum atomic E-state index is 10.1. The maximum absolute atomic E-state index is 10.1. The number of carbonyl (C=O) groups is 1. The molecular weight excluding hydrogens is 172 g/mol. The van der Waals surface area contributed by atoms with Crippen LogP contribution in [0.15, 0.2) is 0 Å². The molecule has 0 radical (unpaired) electrons. The monoisotopic (exact) mass is 190 g/mol. The Balaban J connectivity index is 2.87. The molecule has 0 atom stereocenters. The molecule has 0 spiro atoms. The number of methoxy groups -OCH3 is 1. The second-order valence-corrected chi connectivity index (χ2v) is 2.81. The minimum atomic E-state index is -0.737. The van der Waals surface area contributed by atoms with Gasteiger partial charge >= 0.3 is 5.97 Å². The first kappa shape index (κ1) is 12.4. The molecule has 1 N–H and O–H groups in total. The minimum Gasteiger partial charge on any atom is -0.481 e. The van der Waals surface area contributed by atoms with E-state index in [0.29, 0.717) is 19.6 Å². The van der Waals surface area contributed by atoms with Crippen LogP contribution >= 0.6 is 0 Å². The highest BCUT2D eigenvalue weighted by Gasteiger charge is 1.95. The van der Waals surface area contributed by atoms with E-state index in [9.17, 15) is 4.79 Å². The zero-order chi connectivity index (χ0) is 9.94. The number of unbranched alkanes of at least 4 members (excludes halogenated alkanes) is 1. The zero-order valence-electron chi connectivity index (χ0n) is 8.12. The van der Waals surface area contributed by atoms with E-state index in [1.165, 1.54) is 0 Å². The summed E-state index contributed by atoms with van der Waals surface area (Å²) < 4.78 is 10.1. The Kier molecular flexibility index (Phi) is 9.03. The van der Waals surface area contributed by atoms with Crippen molar-refractivity contribution in [3.05, 3.63) is 0 Å². The fourth-order valence-electron chi connectivity index (χ4n) is 0.888. The fraction of sp³-hybridized carbons (Fsp3) is 0.889. The molecule has 0 unspecified atom stereocenters. The maximum Gasteiger partial charge on any atom is 0.303 e. The Labute approximate surface area is 78.8 Å². The average molecular weight is 190 g/mol. The van der Waals surface area contributed by atoms with Crippen LogP contribution in [0.4, 0.5) is 0 Å². The molecule has 13 heavy (non-hydrogen) atoms. The quantitative estimate of drug-likeness (QED) is 0.557. The summed E-state index contributed by atoms with van der Waals surface area (Å²) in [7, 11) is 1.66. The van der Waals surface area contributed by atoms with Crippen molar-refractivity contribution in [2.24, 2.45) is 0 Å². The van der Waals surface area contributed by atoms with Crippen LogP contribution < -0.4 is 0 Å². The predicted molar refractivity (Wildman–Crippen MR) is 48.8 cm³/mol. The van der Waals surface area contributed by atoms with Gasteiger partial charge in [-0.25, -0.2) is 0 Å². The van der Waals surface area contributed by atoms with E-state index in [1.54, 1.807) is 7.11 Å². The van der Waals surface area contributed by atoms with Crippen LogP contribution in [0.5, 0.6) is 0 Å². The number of carboxylic acid groups (broad SMARTS) is 1. The standard InChI is InChI=1S/C9H18O4/c1-12-6-4-8-13-7-3-2-5-9(10)11/h2-8H2,1H3,(H,10,11). The van der Waals surface area contributed by atoms with E-state index in [0.717, 1.165) is 19.4 Å². The Hall–Kier alpha value is -0.610. The number of aliphatic carboxylic acids is 1. The molecule has 0 amide bonds. The molecule has 0 aliphatic heterocycles. The van der Waals surface area contributed by atoms with Gasteiger partial charge in [0.05, 0.1) is 0 Å². The number of hydrogen-bond donors (Lipinski definition) is 1. The molecule has 4 heteroatoms. The van der Waals surface area contributed by atoms with Gasteiger partial charge in [-0.2, -0.15) is 0 Å². The third-order valence-electron chi connectivity index (χ3n) is 1.57. The summed E-state index contributed by atoms with van der Waals surface area (Å²) in [6.45, 7) is 2.06. The average Bonchev–Trinajstić information content (AvgIpc) is 2.09. The van der Waals surface area contributed by atoms with E-state index in [-0.39, 0.29) is 6.42 Å². The van der Waals surface area contributed by atoms with E-state index in [4.69, 9.17) is 14.6 Å². The van der Waals surface area contributed by atoms with Gasteiger partial charge < -0.3 is 14.6 Å². The van der Waals surface area contributed by atoms with Gasteiger partial charge in [-0.15, -0.1) is 0 Å². The molecule has 0 aliphatic carbocycles. The van der Waals surface area contributed by atoms with Gasteiger partial charge in [0, 0.05) is 33.4 Å². The zero-order valence-corrected chi connectivity index (χ0v) is 8.12. The third kappa shape index (κ3) is 11.4. The topological polar surface area (TPSA) is 55.8 Å². The highest BCUT2D eigenvalue weighted by Crippen LogP contribution is 1.96. The summed E-state index contributed by atoms with van der Waals surface area (Å²) in [6, 6.07) is 0. The van der Waals surface area contributed by atoms with Crippen LogP contribution in [0.2, 0.25) is 0 Å². The number of rotatable bonds is 9. The summed E-state index contributed by atoms with van der Waals surface area (Å²) in [5.41, 5.74) is 0. The summed E-state index contributed by atoms with van der Waals surface area (Å²) in [5.74, 6) is -0.737. The van der Waals surface area contributed by atoms with Crippen LogP contribution in [0.1, 0.15) is 25.7 Å². The van der Waals surface area contributed by atoms with Crippen LogP contribution in [0.3, 0.4) is 0 Å². The Morgan fingerprint density at radius 3 is 2.46 bits per heavy atom. The van der Waals surface area contributed by atoms with Gasteiger partial charge in [0.1, 0.15) is 0 Å². The van der Waals surface area contributed by atoms with Gasteiger partial charge in [-0.3, -0.25) is 4.79 Å². The molecule has 78 valence electrons. The van der Waals surface area contributed by atoms with Crippen LogP contribution in [0, 0.1) is 0 Å². The lowest BCUT2D eigenvalue weighted by atomic mass is 10.2. The normalized spacial score (nSPS) is 10.2. The van der Waals surface area contributed by atoms with Crippen LogP contribution in [-0.4, -0.2) is 38.0 Å². The van der Waals surface area contributed by atoms with Crippen molar-refractivity contribution in [1.82, 2.24) is 0 Å². The molecule has 0 aromatic carbocycles. The third-order valence-corrected chi connectivity index (χ3v) is 1.57. The largest absolute Gasteiger partial charge is 0.481 e. The number of hydrogen-bond acceptors (Lipinski definition) is 3. The molecule has 0 aromatic rings. The lowest BCUT2D eigenvalue weighted by molar-refractivity contribution is -0.137. The molecule has 0 fully saturated rings. The molecule has 0 aliphatic rings. The summed E-state index contributed by atoms with van der Waals surface area (Å²) in [4.78, 5) is 10.1. The fourth-order valence-corrected chi connectivity index (χ4v) is 0.888. The van der Waals surface area contributed by atoms with Gasteiger partial charge in [0.25, 0.3) is 0 Å². The first-order valence-electron chi connectivity index (χ1n) is 4.56. The van der Waals surface area contributed by atoms with Crippen molar-refractivity contribution in [3.63, 3.8) is 0 Å². The summed E-state index contributed by atoms with van der Waals surface area (Å²) in [6.07, 6.45) is 2.65. The Morgan fingerprint density at radius 1 is 1.15 bits per heavy atom. The highest BCUT2D eigenvalue weighted by molar-refractivity contribution is 5.66. The SMILES string of the molecule is COCCCOCCCCC(=O)O. The van der Waals surface area contributed by atoms with E-state index >= 15 is 0 Å². The molecule has 0 rings (SSSR count). The summed E-state index contributed by atoms with van der Waals surface area (Å²) >= 11 is 0. The van der Waals surface area contributed by atoms with Crippen molar-refractivity contribution in [2.75, 3.05) is 26.9 Å². The molecule has 0 bridgehead atoms. The molecule has 0 heterocycles. The van der Waals surface area contributed by atoms with Gasteiger partial charge in [-0.1, -0.05) is 0 Å². The first-order chi connectivity index (χ1) is 6.27. The van der Waals surface area contributed by atoms with Crippen molar-refractivity contribution in [2.45, 2.75) is 25.7 Å². The van der Waals surface area contributed by atoms with Crippen LogP contribution in [0.25, 0.3) is 0 Å². The summed E-state index contributed by atoms with van der Waals surface area (Å²) in [5, 5.41) is 8.33. The highest BCUT2D eigenvalue weighted by atomic mass is 16.5. The van der Waals surface area contributed by atoms with Crippen LogP contribution in [-0.2, 0) is 14.3 Å². The van der Waals surface area contributed by atoms with E-state index in [2.05, 4.69) is 0 Å². The van der Waals surface area contributed by atoms with Gasteiger partial charge in [-0.05, 0) is 19.3 Å². The molecular formula is C9H18O4. The van der Waals surface area contributed by atoms with Gasteiger partial charge in [0.15, 0.2) is 0 Å². The van der Waals surface area contributed by atoms with Crippen molar-refractivity contribution in [1.29, 1.82) is 0 Å². The van der Waals surface area contributed by atoms with Crippen molar-refractivity contribution < 1.29 is 19.4 Å². The van der Waals surface area contributed by atoms with Crippen molar-refractivity contribution >= 4 is 5.97 Å². The molecule has 0 saturated carbocycles. The minimum absolute atomic E-state index is 0.238. The molecule has 4 nitrogen and oxygen atoms in total. The Bertz CT molecular complexity index is 125. The second kappa shape index (κ2) is 9.48. The molecule has 0 aromatic heterocycles. The smallest absolute Gasteiger partial charge is 0.303 e. The number of ether oxygens (including phenoxy) is 2. The molecule has 0 saturated heterocycles. The predicted octanol–water partition coefficient (Wildman–Crippen LogP) is 1.29. The van der Waals surface area contributed by atoms with E-state index < -0.39 is 5.97 Å².